The number of nitrogens with zero attached hydrogens (tertiary/aromatic N) is 1. The Kier molecular flexibility index (Phi) is 4.57. The molecular formula is C12H15NO2. The monoisotopic (exact) mass is 205 g/mol. The van der Waals surface area contributed by atoms with E-state index in [0.29, 0.717) is 13.1 Å². The molecule has 1 aromatic carbocycles. The van der Waals surface area contributed by atoms with Crippen LogP contribution in [0.3, 0.4) is 0 Å². The topological polar surface area (TPSA) is 40.5 Å². The van der Waals surface area contributed by atoms with Crippen LogP contribution < -0.4 is 0 Å². The summed E-state index contributed by atoms with van der Waals surface area (Å²) in [7, 11) is 0. The Bertz CT molecular complexity index is 322. The highest BCUT2D eigenvalue weighted by atomic mass is 16.3. The van der Waals surface area contributed by atoms with Gasteiger partial charge in [0.25, 0.3) is 0 Å². The van der Waals surface area contributed by atoms with Gasteiger partial charge in [0, 0.05) is 13.1 Å². The van der Waals surface area contributed by atoms with Crippen LogP contribution in [0.25, 0.3) is 0 Å². The Labute approximate surface area is 89.6 Å². The van der Waals surface area contributed by atoms with Gasteiger partial charge >= 0.3 is 0 Å². The van der Waals surface area contributed by atoms with Crippen molar-refractivity contribution in [2.45, 2.75) is 6.54 Å². The van der Waals surface area contributed by atoms with Gasteiger partial charge in [0.05, 0.1) is 0 Å². The van der Waals surface area contributed by atoms with E-state index in [4.69, 9.17) is 5.11 Å². The molecule has 0 aliphatic rings. The third kappa shape index (κ3) is 3.56. The fourth-order valence-corrected chi connectivity index (χ4v) is 1.31. The Hall–Kier alpha value is -1.61. The maximum Gasteiger partial charge on any atom is 0.248 e. The van der Waals surface area contributed by atoms with E-state index in [0.717, 1.165) is 5.56 Å². The van der Waals surface area contributed by atoms with Crippen LogP contribution in [0, 0.1) is 0 Å². The molecule has 1 N–H and O–H groups in total. The molecule has 80 valence electrons. The molecule has 1 amide bonds. The zero-order valence-electron chi connectivity index (χ0n) is 8.60. The Morgan fingerprint density at radius 3 is 2.60 bits per heavy atom. The highest BCUT2D eigenvalue weighted by molar-refractivity contribution is 5.77. The molecule has 3 heteroatoms. The van der Waals surface area contributed by atoms with Crippen molar-refractivity contribution in [3.8, 4) is 0 Å². The molecule has 0 aliphatic heterocycles. The van der Waals surface area contributed by atoms with Gasteiger partial charge in [0.1, 0.15) is 6.61 Å². The summed E-state index contributed by atoms with van der Waals surface area (Å²) in [5.74, 6) is -0.279. The first-order chi connectivity index (χ1) is 7.27. The maximum atomic E-state index is 11.3. The predicted molar refractivity (Wildman–Crippen MR) is 59.1 cm³/mol. The van der Waals surface area contributed by atoms with E-state index in [1.807, 2.05) is 30.3 Å². The lowest BCUT2D eigenvalue weighted by molar-refractivity contribution is -0.134. The Morgan fingerprint density at radius 1 is 1.40 bits per heavy atom. The van der Waals surface area contributed by atoms with Gasteiger partial charge in [-0.05, 0) is 5.56 Å². The van der Waals surface area contributed by atoms with Crippen molar-refractivity contribution in [1.29, 1.82) is 0 Å². The van der Waals surface area contributed by atoms with Crippen molar-refractivity contribution in [3.05, 3.63) is 48.6 Å². The summed E-state index contributed by atoms with van der Waals surface area (Å²) in [6, 6.07) is 9.66. The van der Waals surface area contributed by atoms with E-state index in [2.05, 4.69) is 6.58 Å². The second-order valence-electron chi connectivity index (χ2n) is 3.21. The first-order valence-electron chi connectivity index (χ1n) is 4.81. The van der Waals surface area contributed by atoms with E-state index in [1.165, 1.54) is 0 Å². The normalized spacial score (nSPS) is 9.67. The molecule has 0 radical (unpaired) electrons. The smallest absolute Gasteiger partial charge is 0.248 e. The quantitative estimate of drug-likeness (QED) is 0.734. The molecule has 0 atom stereocenters. The van der Waals surface area contributed by atoms with Crippen LogP contribution in [0.1, 0.15) is 5.56 Å². The number of benzene rings is 1. The number of aliphatic hydroxyl groups excluding tert-OH is 1. The van der Waals surface area contributed by atoms with Crippen LogP contribution in [-0.2, 0) is 11.3 Å². The minimum Gasteiger partial charge on any atom is -0.387 e. The number of hydrogen-bond donors (Lipinski definition) is 1. The average molecular weight is 205 g/mol. The van der Waals surface area contributed by atoms with Gasteiger partial charge in [-0.25, -0.2) is 0 Å². The molecule has 0 aromatic heterocycles. The minimum atomic E-state index is -0.458. The van der Waals surface area contributed by atoms with Crippen molar-refractivity contribution >= 4 is 5.91 Å². The first-order valence-corrected chi connectivity index (χ1v) is 4.81. The summed E-state index contributed by atoms with van der Waals surface area (Å²) in [4.78, 5) is 12.9. The van der Waals surface area contributed by atoms with Crippen molar-refractivity contribution in [2.24, 2.45) is 0 Å². The standard InChI is InChI=1S/C12H15NO2/c1-2-8-13(12(15)10-14)9-11-6-4-3-5-7-11/h2-7,14H,1,8-10H2. The lowest BCUT2D eigenvalue weighted by Gasteiger charge is -2.19. The second kappa shape index (κ2) is 5.98. The van der Waals surface area contributed by atoms with Gasteiger partial charge in [0.2, 0.25) is 5.91 Å². The number of aliphatic hydroxyl groups is 1. The molecule has 3 nitrogen and oxygen atoms in total. The molecule has 0 unspecified atom stereocenters. The minimum absolute atomic E-state index is 0.279. The first kappa shape index (κ1) is 11.5. The van der Waals surface area contributed by atoms with E-state index in [1.54, 1.807) is 11.0 Å². The maximum absolute atomic E-state index is 11.3. The Morgan fingerprint density at radius 2 is 2.07 bits per heavy atom. The third-order valence-electron chi connectivity index (χ3n) is 2.05. The average Bonchev–Trinajstić information content (AvgIpc) is 2.29. The summed E-state index contributed by atoms with van der Waals surface area (Å²) in [5.41, 5.74) is 1.04. The summed E-state index contributed by atoms with van der Waals surface area (Å²) in [6.07, 6.45) is 1.65. The van der Waals surface area contributed by atoms with E-state index in [9.17, 15) is 4.79 Å². The van der Waals surface area contributed by atoms with Gasteiger partial charge in [-0.15, -0.1) is 6.58 Å². The molecule has 0 heterocycles. The van der Waals surface area contributed by atoms with Crippen molar-refractivity contribution in [1.82, 2.24) is 4.90 Å². The summed E-state index contributed by atoms with van der Waals surface area (Å²) >= 11 is 0. The van der Waals surface area contributed by atoms with Crippen molar-refractivity contribution in [2.75, 3.05) is 13.2 Å². The molecule has 0 saturated heterocycles. The van der Waals surface area contributed by atoms with E-state index >= 15 is 0 Å². The largest absolute Gasteiger partial charge is 0.387 e. The van der Waals surface area contributed by atoms with Crippen LogP contribution in [0.15, 0.2) is 43.0 Å². The summed E-state index contributed by atoms with van der Waals surface area (Å²) < 4.78 is 0. The number of carbonyl (C=O) groups is 1. The molecular weight excluding hydrogens is 190 g/mol. The lowest BCUT2D eigenvalue weighted by atomic mass is 10.2. The van der Waals surface area contributed by atoms with Gasteiger partial charge in [-0.2, -0.15) is 0 Å². The van der Waals surface area contributed by atoms with Crippen molar-refractivity contribution in [3.63, 3.8) is 0 Å². The SMILES string of the molecule is C=CCN(Cc1ccccc1)C(=O)CO. The van der Waals surface area contributed by atoms with Gasteiger partial charge in [-0.1, -0.05) is 36.4 Å². The highest BCUT2D eigenvalue weighted by Crippen LogP contribution is 2.04. The van der Waals surface area contributed by atoms with Gasteiger partial charge < -0.3 is 10.0 Å². The highest BCUT2D eigenvalue weighted by Gasteiger charge is 2.10. The van der Waals surface area contributed by atoms with Gasteiger partial charge in [-0.3, -0.25) is 4.79 Å². The van der Waals surface area contributed by atoms with E-state index in [-0.39, 0.29) is 5.91 Å². The zero-order valence-corrected chi connectivity index (χ0v) is 8.60. The fraction of sp³-hybridized carbons (Fsp3) is 0.250. The summed E-state index contributed by atoms with van der Waals surface area (Å²) in [5, 5.41) is 8.78. The number of carbonyl (C=O) groups excluding carboxylic acids is 1. The summed E-state index contributed by atoms with van der Waals surface area (Å²) in [6.45, 7) is 4.08. The van der Waals surface area contributed by atoms with E-state index < -0.39 is 6.61 Å². The van der Waals surface area contributed by atoms with Crippen LogP contribution in [0.5, 0.6) is 0 Å². The van der Waals surface area contributed by atoms with Gasteiger partial charge in [0.15, 0.2) is 0 Å². The molecule has 1 rings (SSSR count). The molecule has 0 aliphatic carbocycles. The van der Waals surface area contributed by atoms with Crippen LogP contribution in [-0.4, -0.2) is 29.1 Å². The molecule has 0 fully saturated rings. The Balaban J connectivity index is 2.66. The second-order valence-corrected chi connectivity index (χ2v) is 3.21. The van der Waals surface area contributed by atoms with Crippen LogP contribution in [0.4, 0.5) is 0 Å². The molecule has 1 aromatic rings. The molecule has 15 heavy (non-hydrogen) atoms. The van der Waals surface area contributed by atoms with Crippen LogP contribution >= 0.6 is 0 Å². The lowest BCUT2D eigenvalue weighted by Crippen LogP contribution is -2.32. The fourth-order valence-electron chi connectivity index (χ4n) is 1.31. The predicted octanol–water partition coefficient (Wildman–Crippen LogP) is 1.19. The number of rotatable bonds is 5. The molecule has 0 saturated carbocycles. The van der Waals surface area contributed by atoms with Crippen LogP contribution in [0.2, 0.25) is 0 Å². The molecule has 0 spiro atoms. The number of amides is 1. The third-order valence-corrected chi connectivity index (χ3v) is 2.05. The van der Waals surface area contributed by atoms with Crippen molar-refractivity contribution < 1.29 is 9.90 Å². The number of hydrogen-bond acceptors (Lipinski definition) is 2. The molecule has 0 bridgehead atoms. The zero-order chi connectivity index (χ0) is 11.1.